The molecule has 0 saturated carbocycles. The molecule has 1 amide bonds. The van der Waals surface area contributed by atoms with Gasteiger partial charge in [-0.25, -0.2) is 4.98 Å². The molecular formula is C18H26N4O2S. The van der Waals surface area contributed by atoms with Crippen LogP contribution in [0.25, 0.3) is 4.96 Å². The van der Waals surface area contributed by atoms with Crippen LogP contribution in [0.2, 0.25) is 0 Å². The Labute approximate surface area is 152 Å². The van der Waals surface area contributed by atoms with Gasteiger partial charge >= 0.3 is 0 Å². The van der Waals surface area contributed by atoms with Gasteiger partial charge in [0.15, 0.2) is 10.7 Å². The van der Waals surface area contributed by atoms with E-state index in [2.05, 4.69) is 14.3 Å². The second-order valence-electron chi connectivity index (χ2n) is 7.27. The van der Waals surface area contributed by atoms with Crippen LogP contribution in [0.15, 0.2) is 11.6 Å². The smallest absolute Gasteiger partial charge is 0.274 e. The Morgan fingerprint density at radius 1 is 1.24 bits per heavy atom. The van der Waals surface area contributed by atoms with Crippen molar-refractivity contribution < 1.29 is 9.53 Å². The molecule has 2 aliphatic heterocycles. The van der Waals surface area contributed by atoms with E-state index >= 15 is 0 Å². The molecule has 0 N–H and O–H groups in total. The third-order valence-electron chi connectivity index (χ3n) is 5.09. The monoisotopic (exact) mass is 362 g/mol. The van der Waals surface area contributed by atoms with Gasteiger partial charge in [-0.15, -0.1) is 11.3 Å². The first-order valence-corrected chi connectivity index (χ1v) is 10.1. The number of thiazole rings is 1. The molecule has 0 aliphatic carbocycles. The zero-order valence-electron chi connectivity index (χ0n) is 15.0. The van der Waals surface area contributed by atoms with Gasteiger partial charge in [-0.3, -0.25) is 14.1 Å². The lowest BCUT2D eigenvalue weighted by Gasteiger charge is -2.35. The molecule has 2 saturated heterocycles. The summed E-state index contributed by atoms with van der Waals surface area (Å²) in [5.41, 5.74) is 1.66. The summed E-state index contributed by atoms with van der Waals surface area (Å²) in [6.07, 6.45) is 5.98. The van der Waals surface area contributed by atoms with Crippen LogP contribution < -0.4 is 0 Å². The molecule has 25 heavy (non-hydrogen) atoms. The molecule has 2 aromatic rings. The number of rotatable bonds is 3. The zero-order valence-corrected chi connectivity index (χ0v) is 15.8. The summed E-state index contributed by atoms with van der Waals surface area (Å²) in [4.78, 5) is 23.2. The van der Waals surface area contributed by atoms with Gasteiger partial charge in [0.1, 0.15) is 0 Å². The third kappa shape index (κ3) is 3.45. The zero-order chi connectivity index (χ0) is 17.4. The maximum Gasteiger partial charge on any atom is 0.274 e. The van der Waals surface area contributed by atoms with Gasteiger partial charge in [0.05, 0.1) is 17.9 Å². The SMILES string of the molecule is C[C@@H]1CN(C(=O)c2nc3sccn3c2CN2CCCCC2)C[C@H](C)O1. The van der Waals surface area contributed by atoms with E-state index in [1.165, 1.54) is 19.3 Å². The number of fused-ring (bicyclic) bond motifs is 1. The maximum atomic E-state index is 13.2. The van der Waals surface area contributed by atoms with Crippen LogP contribution in [0, 0.1) is 0 Å². The first kappa shape index (κ1) is 17.0. The highest BCUT2D eigenvalue weighted by Gasteiger charge is 2.31. The Balaban J connectivity index is 1.62. The van der Waals surface area contributed by atoms with Gasteiger partial charge in [-0.2, -0.15) is 0 Å². The van der Waals surface area contributed by atoms with Crippen LogP contribution in [0.1, 0.15) is 49.3 Å². The largest absolute Gasteiger partial charge is 0.372 e. The van der Waals surface area contributed by atoms with Crippen LogP contribution in [-0.4, -0.2) is 63.5 Å². The number of imidazole rings is 1. The molecule has 2 aliphatic rings. The summed E-state index contributed by atoms with van der Waals surface area (Å²) in [5, 5.41) is 2.04. The Morgan fingerprint density at radius 2 is 1.96 bits per heavy atom. The van der Waals surface area contributed by atoms with E-state index in [1.807, 2.05) is 30.3 Å². The lowest BCUT2D eigenvalue weighted by Crippen LogP contribution is -2.48. The van der Waals surface area contributed by atoms with Crippen LogP contribution >= 0.6 is 11.3 Å². The average molecular weight is 362 g/mol. The van der Waals surface area contributed by atoms with Crippen molar-refractivity contribution in [1.29, 1.82) is 0 Å². The van der Waals surface area contributed by atoms with Gasteiger partial charge in [-0.05, 0) is 39.8 Å². The highest BCUT2D eigenvalue weighted by molar-refractivity contribution is 7.15. The number of hydrogen-bond donors (Lipinski definition) is 0. The number of hydrogen-bond acceptors (Lipinski definition) is 5. The number of morpholine rings is 1. The average Bonchev–Trinajstić information content (AvgIpc) is 3.17. The van der Waals surface area contributed by atoms with E-state index in [1.54, 1.807) is 11.3 Å². The molecule has 2 fully saturated rings. The molecule has 2 atom stereocenters. The Bertz CT molecular complexity index is 739. The van der Waals surface area contributed by atoms with E-state index in [0.717, 1.165) is 30.3 Å². The fraction of sp³-hybridized carbons (Fsp3) is 0.667. The summed E-state index contributed by atoms with van der Waals surface area (Å²) in [6.45, 7) is 8.34. The fourth-order valence-electron chi connectivity index (χ4n) is 3.98. The van der Waals surface area contributed by atoms with Crippen LogP contribution in [-0.2, 0) is 11.3 Å². The van der Waals surface area contributed by atoms with Crippen molar-refractivity contribution in [3.05, 3.63) is 23.0 Å². The number of amides is 1. The molecule has 2 aromatic heterocycles. The predicted octanol–water partition coefficient (Wildman–Crippen LogP) is 2.63. The molecule has 136 valence electrons. The van der Waals surface area contributed by atoms with Gasteiger partial charge in [0, 0.05) is 31.2 Å². The molecule has 0 aromatic carbocycles. The minimum atomic E-state index is 0.0462. The summed E-state index contributed by atoms with van der Waals surface area (Å²) in [5.74, 6) is 0.0462. The van der Waals surface area contributed by atoms with E-state index in [-0.39, 0.29) is 18.1 Å². The molecule has 6 nitrogen and oxygen atoms in total. The molecule has 0 radical (unpaired) electrons. The quantitative estimate of drug-likeness (QED) is 0.842. The van der Waals surface area contributed by atoms with E-state index in [4.69, 9.17) is 4.74 Å². The summed E-state index contributed by atoms with van der Waals surface area (Å²) < 4.78 is 7.87. The number of aromatic nitrogens is 2. The predicted molar refractivity (Wildman–Crippen MR) is 98.1 cm³/mol. The van der Waals surface area contributed by atoms with E-state index in [0.29, 0.717) is 18.8 Å². The second-order valence-corrected chi connectivity index (χ2v) is 8.14. The highest BCUT2D eigenvalue weighted by Crippen LogP contribution is 2.23. The lowest BCUT2D eigenvalue weighted by atomic mass is 10.1. The molecule has 4 heterocycles. The van der Waals surface area contributed by atoms with E-state index < -0.39 is 0 Å². The number of carbonyl (C=O) groups is 1. The summed E-state index contributed by atoms with van der Waals surface area (Å²) >= 11 is 1.59. The molecule has 0 bridgehead atoms. The molecule has 0 unspecified atom stereocenters. The summed E-state index contributed by atoms with van der Waals surface area (Å²) in [6, 6.07) is 0. The van der Waals surface area contributed by atoms with Gasteiger partial charge in [0.25, 0.3) is 5.91 Å². The number of ether oxygens (including phenoxy) is 1. The number of nitrogens with zero attached hydrogens (tertiary/aromatic N) is 4. The summed E-state index contributed by atoms with van der Waals surface area (Å²) in [7, 11) is 0. The van der Waals surface area contributed by atoms with Crippen LogP contribution in [0.3, 0.4) is 0 Å². The van der Waals surface area contributed by atoms with Crippen molar-refractivity contribution in [2.24, 2.45) is 0 Å². The first-order chi connectivity index (χ1) is 12.1. The Morgan fingerprint density at radius 3 is 2.68 bits per heavy atom. The molecular weight excluding hydrogens is 336 g/mol. The second kappa shape index (κ2) is 7.05. The molecule has 7 heteroatoms. The Kier molecular flexibility index (Phi) is 4.80. The van der Waals surface area contributed by atoms with Crippen LogP contribution in [0.4, 0.5) is 0 Å². The van der Waals surface area contributed by atoms with E-state index in [9.17, 15) is 4.79 Å². The highest BCUT2D eigenvalue weighted by atomic mass is 32.1. The van der Waals surface area contributed by atoms with Gasteiger partial charge in [0.2, 0.25) is 0 Å². The minimum Gasteiger partial charge on any atom is -0.372 e. The molecule has 0 spiro atoms. The minimum absolute atomic E-state index is 0.0462. The van der Waals surface area contributed by atoms with Crippen LogP contribution in [0.5, 0.6) is 0 Å². The van der Waals surface area contributed by atoms with Gasteiger partial charge < -0.3 is 9.64 Å². The number of piperidine rings is 1. The maximum absolute atomic E-state index is 13.2. The standard InChI is InChI=1S/C18H26N4O2S/c1-13-10-21(11-14(2)24-13)17(23)16-15(12-20-6-4-3-5-7-20)22-8-9-25-18(22)19-16/h8-9,13-14H,3-7,10-12H2,1-2H3/t13-,14+. The van der Waals surface area contributed by atoms with Crippen molar-refractivity contribution >= 4 is 22.2 Å². The number of likely N-dealkylation sites (tertiary alicyclic amines) is 1. The normalized spacial score (nSPS) is 25.6. The third-order valence-corrected chi connectivity index (χ3v) is 5.85. The number of carbonyl (C=O) groups excluding carboxylic acids is 1. The van der Waals surface area contributed by atoms with Gasteiger partial charge in [-0.1, -0.05) is 6.42 Å². The topological polar surface area (TPSA) is 50.1 Å². The lowest BCUT2D eigenvalue weighted by molar-refractivity contribution is -0.0587. The fourth-order valence-corrected chi connectivity index (χ4v) is 4.71. The van der Waals surface area contributed by atoms with Crippen molar-refractivity contribution in [2.75, 3.05) is 26.2 Å². The molecule has 4 rings (SSSR count). The van der Waals surface area contributed by atoms with Crippen molar-refractivity contribution in [3.8, 4) is 0 Å². The van der Waals surface area contributed by atoms with Crippen molar-refractivity contribution in [1.82, 2.24) is 19.2 Å². The Hall–Kier alpha value is -1.44. The first-order valence-electron chi connectivity index (χ1n) is 9.23. The van der Waals surface area contributed by atoms with Crippen molar-refractivity contribution in [3.63, 3.8) is 0 Å². The van der Waals surface area contributed by atoms with Crippen molar-refractivity contribution in [2.45, 2.75) is 51.9 Å².